The third-order valence-corrected chi connectivity index (χ3v) is 4.55. The fraction of sp³-hybridized carbons (Fsp3) is 0.375. The Morgan fingerprint density at radius 2 is 2.17 bits per heavy atom. The largest absolute Gasteiger partial charge is 0.312 e. The summed E-state index contributed by atoms with van der Waals surface area (Å²) in [6.07, 6.45) is 4.91. The lowest BCUT2D eigenvalue weighted by Crippen LogP contribution is -2.28. The fourth-order valence-corrected chi connectivity index (χ4v) is 3.34. The molecule has 0 spiro atoms. The average Bonchev–Trinajstić information content (AvgIpc) is 3.26. The molecule has 1 aliphatic heterocycles. The number of benzene rings is 1. The zero-order valence-electron chi connectivity index (χ0n) is 12.6. The van der Waals surface area contributed by atoms with Crippen LogP contribution in [0.1, 0.15) is 24.0 Å². The lowest BCUT2D eigenvalue weighted by atomic mass is 10.1. The fourth-order valence-electron chi connectivity index (χ4n) is 3.34. The summed E-state index contributed by atoms with van der Waals surface area (Å²) < 4.78 is 0. The number of hydrogen-bond donors (Lipinski definition) is 2. The Morgan fingerprint density at radius 1 is 1.30 bits per heavy atom. The number of H-pyrrole nitrogens is 1. The van der Waals surface area contributed by atoms with Crippen molar-refractivity contribution in [2.45, 2.75) is 25.7 Å². The van der Waals surface area contributed by atoms with Gasteiger partial charge in [-0.3, -0.25) is 14.9 Å². The predicted molar refractivity (Wildman–Crippen MR) is 83.9 cm³/mol. The molecule has 1 saturated heterocycles. The maximum absolute atomic E-state index is 12.3. The van der Waals surface area contributed by atoms with Crippen molar-refractivity contribution in [3.8, 4) is 0 Å². The van der Waals surface area contributed by atoms with Gasteiger partial charge in [0, 0.05) is 18.7 Å². The lowest BCUT2D eigenvalue weighted by molar-refractivity contribution is -0.122. The molecule has 7 nitrogen and oxygen atoms in total. The Hall–Kier alpha value is -2.70. The van der Waals surface area contributed by atoms with Crippen molar-refractivity contribution < 1.29 is 9.59 Å². The summed E-state index contributed by atoms with van der Waals surface area (Å²) in [5.74, 6) is -0.293. The van der Waals surface area contributed by atoms with Gasteiger partial charge < -0.3 is 4.90 Å². The molecule has 4 rings (SSSR count). The van der Waals surface area contributed by atoms with Gasteiger partial charge in [0.1, 0.15) is 6.33 Å². The summed E-state index contributed by atoms with van der Waals surface area (Å²) in [5.41, 5.74) is 3.59. The van der Waals surface area contributed by atoms with E-state index in [4.69, 9.17) is 0 Å². The van der Waals surface area contributed by atoms with E-state index in [1.54, 1.807) is 4.90 Å². The first-order chi connectivity index (χ1) is 11.2. The van der Waals surface area contributed by atoms with Crippen molar-refractivity contribution in [2.24, 2.45) is 5.92 Å². The molecule has 0 saturated carbocycles. The first-order valence-corrected chi connectivity index (χ1v) is 7.79. The molecule has 0 radical (unpaired) electrons. The SMILES string of the molecule is O=C(Nc1ncn[nH]1)C1CC(=O)N(c2ccc3c(c2)CCC3)C1. The van der Waals surface area contributed by atoms with Gasteiger partial charge in [0.05, 0.1) is 5.92 Å². The third-order valence-electron chi connectivity index (χ3n) is 4.55. The smallest absolute Gasteiger partial charge is 0.232 e. The minimum Gasteiger partial charge on any atom is -0.312 e. The summed E-state index contributed by atoms with van der Waals surface area (Å²) in [7, 11) is 0. The zero-order valence-corrected chi connectivity index (χ0v) is 12.6. The van der Waals surface area contributed by atoms with E-state index < -0.39 is 0 Å². The van der Waals surface area contributed by atoms with Crippen LogP contribution in [0.25, 0.3) is 0 Å². The Kier molecular flexibility index (Phi) is 3.33. The molecule has 7 heteroatoms. The Bertz CT molecular complexity index is 756. The molecule has 1 atom stereocenters. The van der Waals surface area contributed by atoms with Crippen molar-refractivity contribution in [1.82, 2.24) is 15.2 Å². The summed E-state index contributed by atoms with van der Waals surface area (Å²) in [5, 5.41) is 8.92. The average molecular weight is 311 g/mol. The van der Waals surface area contributed by atoms with E-state index in [-0.39, 0.29) is 24.2 Å². The van der Waals surface area contributed by atoms with Crippen LogP contribution >= 0.6 is 0 Å². The van der Waals surface area contributed by atoms with Crippen molar-refractivity contribution in [1.29, 1.82) is 0 Å². The molecule has 2 amide bonds. The second-order valence-corrected chi connectivity index (χ2v) is 6.04. The number of aromatic nitrogens is 3. The highest BCUT2D eigenvalue weighted by Gasteiger charge is 2.35. The second-order valence-electron chi connectivity index (χ2n) is 6.04. The molecule has 1 aromatic heterocycles. The molecule has 2 aromatic rings. The molecule has 2 N–H and O–H groups in total. The zero-order chi connectivity index (χ0) is 15.8. The van der Waals surface area contributed by atoms with E-state index in [0.29, 0.717) is 12.5 Å². The molecule has 23 heavy (non-hydrogen) atoms. The van der Waals surface area contributed by atoms with Gasteiger partial charge in [-0.1, -0.05) is 6.07 Å². The van der Waals surface area contributed by atoms with Gasteiger partial charge in [0.25, 0.3) is 0 Å². The van der Waals surface area contributed by atoms with Gasteiger partial charge in [-0.15, -0.1) is 0 Å². The van der Waals surface area contributed by atoms with Gasteiger partial charge in [-0.05, 0) is 42.5 Å². The highest BCUT2D eigenvalue weighted by molar-refractivity contribution is 6.03. The number of nitrogens with one attached hydrogen (secondary N) is 2. The van der Waals surface area contributed by atoms with Crippen molar-refractivity contribution >= 4 is 23.5 Å². The topological polar surface area (TPSA) is 91.0 Å². The molecule has 2 heterocycles. The van der Waals surface area contributed by atoms with E-state index in [1.807, 2.05) is 6.07 Å². The summed E-state index contributed by atoms with van der Waals surface area (Å²) >= 11 is 0. The first-order valence-electron chi connectivity index (χ1n) is 7.79. The number of anilines is 2. The van der Waals surface area contributed by atoms with Crippen LogP contribution < -0.4 is 10.2 Å². The van der Waals surface area contributed by atoms with Crippen LogP contribution in [0.5, 0.6) is 0 Å². The number of rotatable bonds is 3. The van der Waals surface area contributed by atoms with Gasteiger partial charge in [-0.2, -0.15) is 10.1 Å². The Balaban J connectivity index is 1.49. The van der Waals surface area contributed by atoms with E-state index in [1.165, 1.54) is 23.9 Å². The van der Waals surface area contributed by atoms with Crippen LogP contribution in [0, 0.1) is 5.92 Å². The number of aryl methyl sites for hydroxylation is 2. The van der Waals surface area contributed by atoms with Crippen LogP contribution in [-0.4, -0.2) is 33.5 Å². The van der Waals surface area contributed by atoms with Gasteiger partial charge in [0.2, 0.25) is 17.8 Å². The van der Waals surface area contributed by atoms with Crippen LogP contribution in [-0.2, 0) is 22.4 Å². The molecule has 0 bridgehead atoms. The number of amides is 2. The quantitative estimate of drug-likeness (QED) is 0.893. The molecular formula is C16H17N5O2. The van der Waals surface area contributed by atoms with Crippen LogP contribution in [0.2, 0.25) is 0 Å². The molecule has 2 aliphatic rings. The number of aromatic amines is 1. The van der Waals surface area contributed by atoms with Gasteiger partial charge in [0.15, 0.2) is 0 Å². The normalized spacial score (nSPS) is 19.9. The molecule has 1 unspecified atom stereocenters. The highest BCUT2D eigenvalue weighted by Crippen LogP contribution is 2.30. The molecule has 1 aliphatic carbocycles. The molecule has 1 aromatic carbocycles. The highest BCUT2D eigenvalue weighted by atomic mass is 16.2. The number of fused-ring (bicyclic) bond motifs is 1. The molecule has 1 fully saturated rings. The monoisotopic (exact) mass is 311 g/mol. The Morgan fingerprint density at radius 3 is 3.00 bits per heavy atom. The summed E-state index contributed by atoms with van der Waals surface area (Å²) in [6, 6.07) is 6.18. The van der Waals surface area contributed by atoms with Gasteiger partial charge >= 0.3 is 0 Å². The van der Waals surface area contributed by atoms with Crippen LogP contribution in [0.3, 0.4) is 0 Å². The number of nitrogens with zero attached hydrogens (tertiary/aromatic N) is 3. The van der Waals surface area contributed by atoms with Crippen molar-refractivity contribution in [2.75, 3.05) is 16.8 Å². The van der Waals surface area contributed by atoms with E-state index in [2.05, 4.69) is 32.6 Å². The van der Waals surface area contributed by atoms with E-state index in [9.17, 15) is 9.59 Å². The summed E-state index contributed by atoms with van der Waals surface area (Å²) in [6.45, 7) is 0.400. The van der Waals surface area contributed by atoms with Crippen molar-refractivity contribution in [3.63, 3.8) is 0 Å². The maximum atomic E-state index is 12.3. The maximum Gasteiger partial charge on any atom is 0.232 e. The first kappa shape index (κ1) is 13.9. The minimum atomic E-state index is -0.374. The van der Waals surface area contributed by atoms with E-state index in [0.717, 1.165) is 18.5 Å². The number of hydrogen-bond acceptors (Lipinski definition) is 4. The predicted octanol–water partition coefficient (Wildman–Crippen LogP) is 1.28. The minimum absolute atomic E-state index is 0.0133. The standard InChI is InChI=1S/C16H17N5O2/c22-14-7-12(15(23)19-16-17-9-18-20-16)8-21(14)13-5-4-10-2-1-3-11(10)6-13/h4-6,9,12H,1-3,7-8H2,(H2,17,18,19,20,23). The molecular weight excluding hydrogens is 294 g/mol. The van der Waals surface area contributed by atoms with E-state index >= 15 is 0 Å². The number of carbonyl (C=O) groups excluding carboxylic acids is 2. The second kappa shape index (κ2) is 5.49. The summed E-state index contributed by atoms with van der Waals surface area (Å²) in [4.78, 5) is 30.1. The third kappa shape index (κ3) is 2.58. The Labute approximate surface area is 133 Å². The number of carbonyl (C=O) groups is 2. The van der Waals surface area contributed by atoms with Gasteiger partial charge in [-0.25, -0.2) is 5.10 Å². The molecule has 118 valence electrons. The van der Waals surface area contributed by atoms with Crippen LogP contribution in [0.4, 0.5) is 11.6 Å². The van der Waals surface area contributed by atoms with Crippen molar-refractivity contribution in [3.05, 3.63) is 35.7 Å². The van der Waals surface area contributed by atoms with Crippen LogP contribution in [0.15, 0.2) is 24.5 Å². The lowest BCUT2D eigenvalue weighted by Gasteiger charge is -2.17.